The Bertz CT molecular complexity index is 233. The molecular formula is C17H38N2O3. The summed E-state index contributed by atoms with van der Waals surface area (Å²) in [7, 11) is 0. The molecule has 0 saturated heterocycles. The summed E-state index contributed by atoms with van der Waals surface area (Å²) in [5, 5.41) is 17.8. The molecule has 0 rings (SSSR count). The van der Waals surface area contributed by atoms with Gasteiger partial charge in [-0.2, -0.15) is 0 Å². The fourth-order valence-electron chi connectivity index (χ4n) is 2.26. The molecule has 0 saturated carbocycles. The summed E-state index contributed by atoms with van der Waals surface area (Å²) in [4.78, 5) is 10.0. The lowest BCUT2D eigenvalue weighted by Crippen LogP contribution is -2.48. The van der Waals surface area contributed by atoms with Crippen LogP contribution >= 0.6 is 0 Å². The number of hydrogen-bond donors (Lipinski definition) is 4. The average Bonchev–Trinajstić information content (AvgIpc) is 2.33. The van der Waals surface area contributed by atoms with Crippen LogP contribution in [0.3, 0.4) is 0 Å². The fourth-order valence-corrected chi connectivity index (χ4v) is 2.26. The summed E-state index contributed by atoms with van der Waals surface area (Å²) < 4.78 is 0. The monoisotopic (exact) mass is 318 g/mol. The van der Waals surface area contributed by atoms with Gasteiger partial charge in [-0.05, 0) is 20.3 Å². The van der Waals surface area contributed by atoms with E-state index >= 15 is 0 Å². The Hall–Kier alpha value is -0.490. The standard InChI is InChI=1S/C12H24O.C5H14N2O2/c1-2-3-4-5-6-7-8-9-10-11-12-13;1-4(6,8)3-5(2,7)9/h12H,2-11H2,1H3;8-9H,3,6-7H2,1-2H3. The van der Waals surface area contributed by atoms with E-state index in [0.717, 1.165) is 19.1 Å². The molecule has 6 N–H and O–H groups in total. The van der Waals surface area contributed by atoms with Crippen molar-refractivity contribution in [2.75, 3.05) is 0 Å². The molecule has 5 heteroatoms. The zero-order chi connectivity index (χ0) is 17.5. The molecule has 0 heterocycles. The third-order valence-electron chi connectivity index (χ3n) is 3.14. The summed E-state index contributed by atoms with van der Waals surface area (Å²) in [6.07, 6.45) is 13.7. The Labute approximate surface area is 136 Å². The normalized spacial score (nSPS) is 16.1. The number of unbranched alkanes of at least 4 members (excludes halogenated alkanes) is 9. The lowest BCUT2D eigenvalue weighted by molar-refractivity contribution is -0.107. The van der Waals surface area contributed by atoms with Gasteiger partial charge in [0.25, 0.3) is 0 Å². The van der Waals surface area contributed by atoms with Crippen molar-refractivity contribution in [3.8, 4) is 0 Å². The highest BCUT2D eigenvalue weighted by Crippen LogP contribution is 2.10. The molecule has 0 aromatic rings. The van der Waals surface area contributed by atoms with E-state index in [2.05, 4.69) is 6.92 Å². The molecule has 0 fully saturated rings. The third-order valence-corrected chi connectivity index (χ3v) is 3.14. The summed E-state index contributed by atoms with van der Waals surface area (Å²) in [5.74, 6) is 0. The van der Waals surface area contributed by atoms with Crippen molar-refractivity contribution >= 4 is 6.29 Å². The third kappa shape index (κ3) is 27.8. The molecule has 0 aliphatic heterocycles. The topological polar surface area (TPSA) is 110 Å². The van der Waals surface area contributed by atoms with E-state index < -0.39 is 11.4 Å². The molecule has 0 aliphatic carbocycles. The fraction of sp³-hybridized carbons (Fsp3) is 0.941. The molecule has 0 aliphatic rings. The van der Waals surface area contributed by atoms with Gasteiger partial charge in [-0.3, -0.25) is 0 Å². The first kappa shape index (κ1) is 23.8. The average molecular weight is 319 g/mol. The number of nitrogens with two attached hydrogens (primary N) is 2. The molecule has 0 bridgehead atoms. The molecule has 22 heavy (non-hydrogen) atoms. The van der Waals surface area contributed by atoms with Gasteiger partial charge in [0, 0.05) is 12.8 Å². The second-order valence-electron chi connectivity index (χ2n) is 6.67. The number of aldehydes is 1. The van der Waals surface area contributed by atoms with Gasteiger partial charge in [0.15, 0.2) is 0 Å². The van der Waals surface area contributed by atoms with Crippen LogP contribution in [0.2, 0.25) is 0 Å². The van der Waals surface area contributed by atoms with Crippen molar-refractivity contribution in [3.05, 3.63) is 0 Å². The minimum Gasteiger partial charge on any atom is -0.376 e. The Morgan fingerprint density at radius 3 is 1.45 bits per heavy atom. The molecular weight excluding hydrogens is 280 g/mol. The number of carbonyl (C=O) groups is 1. The van der Waals surface area contributed by atoms with Crippen LogP contribution in [0, 0.1) is 0 Å². The number of carbonyl (C=O) groups excluding carboxylic acids is 1. The van der Waals surface area contributed by atoms with Crippen molar-refractivity contribution in [1.82, 2.24) is 0 Å². The summed E-state index contributed by atoms with van der Waals surface area (Å²) in [6, 6.07) is 0. The quantitative estimate of drug-likeness (QED) is 0.251. The van der Waals surface area contributed by atoms with E-state index in [1.165, 1.54) is 65.2 Å². The maximum atomic E-state index is 10.0. The molecule has 0 spiro atoms. The predicted molar refractivity (Wildman–Crippen MR) is 92.1 cm³/mol. The van der Waals surface area contributed by atoms with E-state index in [1.807, 2.05) is 0 Å². The zero-order valence-corrected chi connectivity index (χ0v) is 14.8. The second-order valence-corrected chi connectivity index (χ2v) is 6.67. The highest BCUT2D eigenvalue weighted by atomic mass is 16.3. The lowest BCUT2D eigenvalue weighted by atomic mass is 10.1. The minimum atomic E-state index is -1.39. The van der Waals surface area contributed by atoms with E-state index in [0.29, 0.717) is 0 Å². The molecule has 0 amide bonds. The molecule has 2 atom stereocenters. The van der Waals surface area contributed by atoms with Gasteiger partial charge < -0.3 is 26.5 Å². The Kier molecular flexibility index (Phi) is 15.3. The smallest absolute Gasteiger partial charge is 0.119 e. The molecule has 0 aromatic heterocycles. The van der Waals surface area contributed by atoms with Gasteiger partial charge in [0.05, 0.1) is 0 Å². The van der Waals surface area contributed by atoms with Crippen LogP contribution in [-0.4, -0.2) is 27.9 Å². The first-order valence-corrected chi connectivity index (χ1v) is 8.58. The van der Waals surface area contributed by atoms with E-state index in [1.54, 1.807) is 0 Å². The van der Waals surface area contributed by atoms with E-state index in [-0.39, 0.29) is 6.42 Å². The van der Waals surface area contributed by atoms with Crippen LogP contribution in [0.25, 0.3) is 0 Å². The molecule has 0 aromatic carbocycles. The number of rotatable bonds is 12. The Balaban J connectivity index is 0. The van der Waals surface area contributed by atoms with Crippen LogP contribution in [0.1, 0.15) is 91.4 Å². The van der Waals surface area contributed by atoms with Crippen molar-refractivity contribution in [1.29, 1.82) is 0 Å². The maximum Gasteiger partial charge on any atom is 0.119 e. The highest BCUT2D eigenvalue weighted by molar-refractivity contribution is 5.48. The Morgan fingerprint density at radius 1 is 0.818 bits per heavy atom. The molecule has 2 unspecified atom stereocenters. The van der Waals surface area contributed by atoms with Gasteiger partial charge in [0.1, 0.15) is 17.7 Å². The van der Waals surface area contributed by atoms with Crippen LogP contribution in [0.4, 0.5) is 0 Å². The summed E-state index contributed by atoms with van der Waals surface area (Å²) in [6.45, 7) is 5.02. The van der Waals surface area contributed by atoms with Crippen LogP contribution < -0.4 is 11.5 Å². The zero-order valence-electron chi connectivity index (χ0n) is 14.8. The van der Waals surface area contributed by atoms with Gasteiger partial charge in [-0.25, -0.2) is 0 Å². The molecule has 5 nitrogen and oxygen atoms in total. The summed E-state index contributed by atoms with van der Waals surface area (Å²) in [5.41, 5.74) is 7.49. The SMILES string of the molecule is CC(N)(O)CC(C)(N)O.CCCCCCCCCCCC=O. The van der Waals surface area contributed by atoms with Gasteiger partial charge in [-0.1, -0.05) is 58.3 Å². The maximum absolute atomic E-state index is 10.0. The summed E-state index contributed by atoms with van der Waals surface area (Å²) >= 11 is 0. The van der Waals surface area contributed by atoms with Crippen LogP contribution in [-0.2, 0) is 4.79 Å². The Morgan fingerprint density at radius 2 is 1.18 bits per heavy atom. The van der Waals surface area contributed by atoms with Crippen molar-refractivity contribution in [2.24, 2.45) is 11.5 Å². The van der Waals surface area contributed by atoms with Crippen molar-refractivity contribution in [3.63, 3.8) is 0 Å². The van der Waals surface area contributed by atoms with Gasteiger partial charge in [0.2, 0.25) is 0 Å². The van der Waals surface area contributed by atoms with Crippen molar-refractivity contribution in [2.45, 2.75) is 103 Å². The lowest BCUT2D eigenvalue weighted by Gasteiger charge is -2.25. The molecule has 0 radical (unpaired) electrons. The number of hydrogen-bond acceptors (Lipinski definition) is 5. The highest BCUT2D eigenvalue weighted by Gasteiger charge is 2.24. The van der Waals surface area contributed by atoms with Crippen molar-refractivity contribution < 1.29 is 15.0 Å². The molecule has 134 valence electrons. The van der Waals surface area contributed by atoms with Gasteiger partial charge >= 0.3 is 0 Å². The second kappa shape index (κ2) is 14.1. The van der Waals surface area contributed by atoms with E-state index in [4.69, 9.17) is 21.7 Å². The minimum absolute atomic E-state index is 0.0417. The van der Waals surface area contributed by atoms with Crippen LogP contribution in [0.5, 0.6) is 0 Å². The van der Waals surface area contributed by atoms with Gasteiger partial charge in [-0.15, -0.1) is 0 Å². The van der Waals surface area contributed by atoms with E-state index in [9.17, 15) is 4.79 Å². The first-order valence-electron chi connectivity index (χ1n) is 8.58. The number of aliphatic hydroxyl groups is 2. The first-order chi connectivity index (χ1) is 10.1. The van der Waals surface area contributed by atoms with Crippen LogP contribution in [0.15, 0.2) is 0 Å². The largest absolute Gasteiger partial charge is 0.376 e. The predicted octanol–water partition coefficient (Wildman–Crippen LogP) is 2.82.